The Hall–Kier alpha value is -1.39. The Labute approximate surface area is 110 Å². The van der Waals surface area contributed by atoms with Crippen molar-refractivity contribution in [3.05, 3.63) is 40.9 Å². The third kappa shape index (κ3) is 3.28. The van der Waals surface area contributed by atoms with Gasteiger partial charge in [-0.2, -0.15) is 0 Å². The molecule has 5 heteroatoms. The molecule has 2 rings (SSSR count). The van der Waals surface area contributed by atoms with Crippen molar-refractivity contribution < 1.29 is 17.2 Å². The van der Waals surface area contributed by atoms with Crippen LogP contribution in [0.2, 0.25) is 0 Å². The second-order valence-corrected chi connectivity index (χ2v) is 4.67. The average molecular weight is 268 g/mol. The van der Waals surface area contributed by atoms with Crippen LogP contribution >= 0.6 is 11.3 Å². The Morgan fingerprint density at radius 2 is 1.94 bits per heavy atom. The molecule has 17 heavy (non-hydrogen) atoms. The number of benzene rings is 1. The molecule has 0 saturated heterocycles. The Morgan fingerprint density at radius 3 is 2.47 bits per heavy atom. The van der Waals surface area contributed by atoms with E-state index in [-0.39, 0.29) is 18.2 Å². The molecule has 1 aromatic heterocycles. The van der Waals surface area contributed by atoms with Gasteiger partial charge >= 0.3 is 0 Å². The maximum Gasteiger partial charge on any atom is 0.188 e. The highest BCUT2D eigenvalue weighted by atomic mass is 35.5. The van der Waals surface area contributed by atoms with E-state index >= 15 is 0 Å². The van der Waals surface area contributed by atoms with Crippen molar-refractivity contribution >= 4 is 27.9 Å². The molecule has 0 saturated carbocycles. The normalized spacial score (nSPS) is 9.53. The number of rotatable bonds is 3. The molecule has 2 aromatic rings. The lowest BCUT2D eigenvalue weighted by Gasteiger charge is -2.00. The van der Waals surface area contributed by atoms with E-state index in [2.05, 4.69) is 10.3 Å². The molecular weight excluding hydrogens is 256 g/mol. The SMILES string of the molecule is CC(=O)c1nc(Nc2ccccc2)sc1C.[Cl-]. The Bertz CT molecular complexity index is 510. The van der Waals surface area contributed by atoms with Crippen LogP contribution in [0.1, 0.15) is 22.3 Å². The van der Waals surface area contributed by atoms with Gasteiger partial charge in [-0.25, -0.2) is 4.98 Å². The Morgan fingerprint density at radius 1 is 1.29 bits per heavy atom. The number of hydrogen-bond donors (Lipinski definition) is 1. The van der Waals surface area contributed by atoms with Gasteiger partial charge in [0.15, 0.2) is 10.9 Å². The summed E-state index contributed by atoms with van der Waals surface area (Å²) in [5, 5.41) is 3.93. The summed E-state index contributed by atoms with van der Waals surface area (Å²) in [4.78, 5) is 16.5. The monoisotopic (exact) mass is 267 g/mol. The minimum Gasteiger partial charge on any atom is -1.00 e. The van der Waals surface area contributed by atoms with Gasteiger partial charge < -0.3 is 17.7 Å². The van der Waals surface area contributed by atoms with Crippen molar-refractivity contribution in [3.8, 4) is 0 Å². The maximum absolute atomic E-state index is 11.2. The van der Waals surface area contributed by atoms with Gasteiger partial charge in [0, 0.05) is 17.5 Å². The second kappa shape index (κ2) is 5.80. The summed E-state index contributed by atoms with van der Waals surface area (Å²) in [6, 6.07) is 9.79. The van der Waals surface area contributed by atoms with E-state index in [9.17, 15) is 4.79 Å². The number of carbonyl (C=O) groups excluding carboxylic acids is 1. The molecule has 0 spiro atoms. The van der Waals surface area contributed by atoms with Gasteiger partial charge in [0.05, 0.1) is 0 Å². The van der Waals surface area contributed by atoms with Crippen LogP contribution < -0.4 is 17.7 Å². The van der Waals surface area contributed by atoms with Crippen LogP contribution in [-0.2, 0) is 0 Å². The fourth-order valence-corrected chi connectivity index (χ4v) is 2.30. The number of carbonyl (C=O) groups is 1. The standard InChI is InChI=1S/C12H12N2OS.ClH/c1-8(15)11-9(2)16-12(14-11)13-10-6-4-3-5-7-10;/h3-7H,1-2H3,(H,13,14);1H/p-1. The van der Waals surface area contributed by atoms with Gasteiger partial charge in [0.2, 0.25) is 0 Å². The van der Waals surface area contributed by atoms with Gasteiger partial charge in [0.1, 0.15) is 5.69 Å². The molecule has 1 aromatic carbocycles. The molecule has 0 unspecified atom stereocenters. The van der Waals surface area contributed by atoms with E-state index in [1.807, 2.05) is 37.3 Å². The summed E-state index contributed by atoms with van der Waals surface area (Å²) in [6.07, 6.45) is 0. The molecule has 0 bridgehead atoms. The molecule has 90 valence electrons. The molecule has 1 N–H and O–H groups in total. The first-order valence-corrected chi connectivity index (χ1v) is 5.79. The largest absolute Gasteiger partial charge is 1.00 e. The van der Waals surface area contributed by atoms with Crippen molar-refractivity contribution in [2.45, 2.75) is 13.8 Å². The molecular formula is C12H12ClN2OS-. The quantitative estimate of drug-likeness (QED) is 0.819. The van der Waals surface area contributed by atoms with Crippen LogP contribution in [0.15, 0.2) is 30.3 Å². The summed E-state index contributed by atoms with van der Waals surface area (Å²) in [5.74, 6) is 0.00913. The van der Waals surface area contributed by atoms with Gasteiger partial charge in [-0.1, -0.05) is 18.2 Å². The van der Waals surface area contributed by atoms with Gasteiger partial charge in [-0.3, -0.25) is 4.79 Å². The molecule has 0 amide bonds. The number of Topliss-reactive ketones (excluding diaryl/α,β-unsaturated/α-hetero) is 1. The summed E-state index contributed by atoms with van der Waals surface area (Å²) >= 11 is 1.49. The minimum atomic E-state index is 0. The van der Waals surface area contributed by atoms with Gasteiger partial charge in [0.25, 0.3) is 0 Å². The summed E-state index contributed by atoms with van der Waals surface area (Å²) in [5.41, 5.74) is 1.54. The number of ketones is 1. The predicted octanol–water partition coefficient (Wildman–Crippen LogP) is 0.402. The third-order valence-electron chi connectivity index (χ3n) is 2.16. The van der Waals surface area contributed by atoms with Crippen LogP contribution in [0.3, 0.4) is 0 Å². The predicted molar refractivity (Wildman–Crippen MR) is 66.6 cm³/mol. The third-order valence-corrected chi connectivity index (χ3v) is 3.04. The van der Waals surface area contributed by atoms with Crippen LogP contribution in [-0.4, -0.2) is 10.8 Å². The number of thiazole rings is 1. The van der Waals surface area contributed by atoms with E-state index in [1.54, 1.807) is 0 Å². The number of anilines is 2. The van der Waals surface area contributed by atoms with Crippen LogP contribution in [0.4, 0.5) is 10.8 Å². The zero-order valence-electron chi connectivity index (χ0n) is 9.53. The zero-order valence-corrected chi connectivity index (χ0v) is 11.1. The Balaban J connectivity index is 0.00000144. The minimum absolute atomic E-state index is 0. The fourth-order valence-electron chi connectivity index (χ4n) is 1.42. The maximum atomic E-state index is 11.2. The van der Waals surface area contributed by atoms with Crippen molar-refractivity contribution in [1.29, 1.82) is 0 Å². The second-order valence-electron chi connectivity index (χ2n) is 3.47. The summed E-state index contributed by atoms with van der Waals surface area (Å²) < 4.78 is 0. The van der Waals surface area contributed by atoms with Gasteiger partial charge in [-0.15, -0.1) is 11.3 Å². The van der Waals surface area contributed by atoms with E-state index in [0.717, 1.165) is 15.7 Å². The number of nitrogens with one attached hydrogen (secondary N) is 1. The smallest absolute Gasteiger partial charge is 0.188 e. The van der Waals surface area contributed by atoms with E-state index in [0.29, 0.717) is 5.69 Å². The van der Waals surface area contributed by atoms with E-state index in [4.69, 9.17) is 0 Å². The highest BCUT2D eigenvalue weighted by Gasteiger charge is 2.11. The van der Waals surface area contributed by atoms with Gasteiger partial charge in [-0.05, 0) is 19.1 Å². The highest BCUT2D eigenvalue weighted by molar-refractivity contribution is 7.15. The lowest BCUT2D eigenvalue weighted by atomic mass is 10.3. The number of aromatic nitrogens is 1. The first-order chi connectivity index (χ1) is 7.66. The van der Waals surface area contributed by atoms with Crippen LogP contribution in [0.25, 0.3) is 0 Å². The van der Waals surface area contributed by atoms with Crippen molar-refractivity contribution in [2.75, 3.05) is 5.32 Å². The number of nitrogens with zero attached hydrogens (tertiary/aromatic N) is 1. The molecule has 0 fully saturated rings. The fraction of sp³-hybridized carbons (Fsp3) is 0.167. The number of hydrogen-bond acceptors (Lipinski definition) is 4. The first kappa shape index (κ1) is 13.7. The molecule has 0 aliphatic rings. The molecule has 0 aliphatic heterocycles. The van der Waals surface area contributed by atoms with Crippen molar-refractivity contribution in [3.63, 3.8) is 0 Å². The average Bonchev–Trinajstić information content (AvgIpc) is 2.61. The highest BCUT2D eigenvalue weighted by Crippen LogP contribution is 2.25. The lowest BCUT2D eigenvalue weighted by Crippen LogP contribution is -3.00. The summed E-state index contributed by atoms with van der Waals surface area (Å²) in [7, 11) is 0. The number of aryl methyl sites for hydroxylation is 1. The molecule has 1 heterocycles. The van der Waals surface area contributed by atoms with Crippen molar-refractivity contribution in [1.82, 2.24) is 4.98 Å². The molecule has 3 nitrogen and oxygen atoms in total. The molecule has 0 radical (unpaired) electrons. The Kier molecular flexibility index (Phi) is 4.66. The van der Waals surface area contributed by atoms with E-state index < -0.39 is 0 Å². The zero-order chi connectivity index (χ0) is 11.5. The lowest BCUT2D eigenvalue weighted by molar-refractivity contribution is -0.0000113. The number of para-hydroxylation sites is 1. The first-order valence-electron chi connectivity index (χ1n) is 4.97. The molecule has 0 aliphatic carbocycles. The molecule has 0 atom stereocenters. The van der Waals surface area contributed by atoms with E-state index in [1.165, 1.54) is 18.3 Å². The van der Waals surface area contributed by atoms with Crippen LogP contribution in [0.5, 0.6) is 0 Å². The van der Waals surface area contributed by atoms with Crippen molar-refractivity contribution in [2.24, 2.45) is 0 Å². The number of halogens is 1. The summed E-state index contributed by atoms with van der Waals surface area (Å²) in [6.45, 7) is 3.44. The van der Waals surface area contributed by atoms with Crippen LogP contribution in [0, 0.1) is 6.92 Å². The topological polar surface area (TPSA) is 42.0 Å².